The quantitative estimate of drug-likeness (QED) is 0.0205. The topological polar surface area (TPSA) is 421 Å². The molecule has 6 aromatic heterocycles. The Balaban J connectivity index is 0.000000193. The number of piperidine rings is 5. The summed E-state index contributed by atoms with van der Waals surface area (Å²) in [4.78, 5) is 153. The number of nitrogens with two attached hydrogens (primary N) is 2. The van der Waals surface area contributed by atoms with Gasteiger partial charge in [0.25, 0.3) is 0 Å². The zero-order valence-electron chi connectivity index (χ0n) is 79.4. The van der Waals surface area contributed by atoms with E-state index in [4.69, 9.17) is 45.0 Å². The number of thiophene rings is 2. The van der Waals surface area contributed by atoms with Crippen LogP contribution >= 0.6 is 22.7 Å². The van der Waals surface area contributed by atoms with Crippen molar-refractivity contribution in [3.63, 3.8) is 0 Å². The number of nitrogens with one attached hydrogen (secondary N) is 2. The standard InChI is InChI=1S/C32H40N4O5S.C22H24N4OS.C18H27N3O4.C16H23N3O4.C10H20N2O2/c1-31(2,3)40-29(38)35-25-10-9-22(27-8-7-15-42-27)17-23(25)18-26(37)24-19-33-28(34-20-24)16-21-11-13-36(14-12-21)30(39)41-32(4,5)6;23-19-4-3-16(21-2-1-9-28-21)11-17(19)12-20(27)18-13-25-22(26-14-18)10-15-5-7-24-8-6-15;1-5-24-16(22)14-11-19-15(20-12-14)10-13-6-8-21(9-7-13)17(23)25-18(2,3)4;1-16(2,3)23-15(22)19-6-4-11(5-7-19)8-13-17-9-12(10-18-13)14(20)21;1-10(2,3)14-9(13)12-6-4-8(11)5-7-12/h7-10,15,17,19-21H,11-14,16,18H2,1-6H3,(H,35,38);1-4,9,11,13-15,24H,5-8,10,12,23H2;11-13H,5-10H2,1-4H3;9-11H,4-8H2,1-3H3,(H,20,21);8H,4-7,11H2,1-3H3. The molecule has 2 aromatic carbocycles. The molecule has 0 bridgehead atoms. The first-order valence-corrected chi connectivity index (χ1v) is 47.3. The van der Waals surface area contributed by atoms with Gasteiger partial charge >= 0.3 is 42.4 Å². The summed E-state index contributed by atoms with van der Waals surface area (Å²) in [6, 6.07) is 19.8. The first-order valence-electron chi connectivity index (χ1n) is 45.5. The number of carboxylic acids is 1. The van der Waals surface area contributed by atoms with Crippen LogP contribution in [-0.2, 0) is 66.9 Å². The Morgan fingerprint density at radius 2 is 0.742 bits per heavy atom. The van der Waals surface area contributed by atoms with Crippen molar-refractivity contribution in [2.45, 2.75) is 248 Å². The van der Waals surface area contributed by atoms with Crippen LogP contribution in [0.5, 0.6) is 0 Å². The minimum atomic E-state index is -1.03. The Kier molecular flexibility index (Phi) is 38.5. The predicted octanol–water partition coefficient (Wildman–Crippen LogP) is 17.5. The average Bonchev–Trinajstić information content (AvgIpc) is 1.78. The van der Waals surface area contributed by atoms with Crippen LogP contribution in [0, 0.1) is 23.7 Å². The fraction of sp³-hybridized carbons (Fsp3) is 0.541. The number of amides is 5. The number of carbonyl (C=O) groups excluding carboxylic acids is 8. The van der Waals surface area contributed by atoms with Crippen LogP contribution in [0.2, 0.25) is 0 Å². The highest BCUT2D eigenvalue weighted by Crippen LogP contribution is 2.34. The Morgan fingerprint density at radius 3 is 1.08 bits per heavy atom. The van der Waals surface area contributed by atoms with E-state index in [0.29, 0.717) is 133 Å². The molecule has 0 radical (unpaired) electrons. The van der Waals surface area contributed by atoms with Gasteiger partial charge in [-0.3, -0.25) is 14.9 Å². The van der Waals surface area contributed by atoms with Gasteiger partial charge in [0.2, 0.25) is 0 Å². The normalized spacial score (nSPS) is 15.6. The Morgan fingerprint density at radius 1 is 0.424 bits per heavy atom. The van der Waals surface area contributed by atoms with E-state index in [-0.39, 0.29) is 60.4 Å². The number of ether oxygens (including phenoxy) is 6. The lowest BCUT2D eigenvalue weighted by Gasteiger charge is -2.33. The number of carbonyl (C=O) groups is 9. The molecule has 5 aliphatic rings. The maximum atomic E-state index is 13.3. The summed E-state index contributed by atoms with van der Waals surface area (Å²) in [6.45, 7) is 37.4. The van der Waals surface area contributed by atoms with Gasteiger partial charge in [0.15, 0.2) is 11.6 Å². The smallest absolute Gasteiger partial charge is 0.412 e. The Labute approximate surface area is 783 Å². The number of Topliss-reactive ketones (excluding diaryl/α,β-unsaturated/α-hetero) is 2. The molecule has 34 heteroatoms. The first kappa shape index (κ1) is 104. The molecule has 5 saturated heterocycles. The number of nitrogen functional groups attached to an aromatic ring is 1. The molecule has 0 unspecified atom stereocenters. The van der Waals surface area contributed by atoms with Crippen molar-refractivity contribution in [1.29, 1.82) is 0 Å². The van der Waals surface area contributed by atoms with Crippen LogP contribution in [0.3, 0.4) is 0 Å². The van der Waals surface area contributed by atoms with E-state index in [9.17, 15) is 43.2 Å². The number of aromatic carboxylic acids is 1. The molecule has 5 fully saturated rings. The number of esters is 1. The number of likely N-dealkylation sites (tertiary alicyclic amines) is 4. The molecule has 0 saturated carbocycles. The molecule has 5 amide bonds. The summed E-state index contributed by atoms with van der Waals surface area (Å²) in [5.41, 5.74) is 15.5. The van der Waals surface area contributed by atoms with Crippen molar-refractivity contribution in [3.8, 4) is 20.9 Å². The highest BCUT2D eigenvalue weighted by Gasteiger charge is 2.33. The van der Waals surface area contributed by atoms with Crippen LogP contribution in [0.15, 0.2) is 121 Å². The summed E-state index contributed by atoms with van der Waals surface area (Å²) >= 11 is 3.28. The number of aromatic nitrogens is 8. The Bertz CT molecular complexity index is 5030. The summed E-state index contributed by atoms with van der Waals surface area (Å²) in [7, 11) is 0. The Hall–Kier alpha value is -11.5. The monoisotopic (exact) mass is 1850 g/mol. The lowest BCUT2D eigenvalue weighted by atomic mass is 9.93. The van der Waals surface area contributed by atoms with Crippen LogP contribution in [-0.4, -0.2) is 225 Å². The largest absolute Gasteiger partial charge is 0.478 e. The van der Waals surface area contributed by atoms with Gasteiger partial charge in [0, 0.05) is 168 Å². The number of ketones is 2. The van der Waals surface area contributed by atoms with Gasteiger partial charge in [-0.1, -0.05) is 24.3 Å². The lowest BCUT2D eigenvalue weighted by Crippen LogP contribution is -2.44. The number of nitrogens with zero attached hydrogens (tertiary/aromatic N) is 12. The number of benzene rings is 2. The van der Waals surface area contributed by atoms with Crippen molar-refractivity contribution in [1.82, 2.24) is 64.8 Å². The minimum absolute atomic E-state index is 0.0107. The number of carboxylic acid groups (broad SMARTS) is 1. The van der Waals surface area contributed by atoms with Crippen molar-refractivity contribution in [2.24, 2.45) is 29.4 Å². The van der Waals surface area contributed by atoms with Gasteiger partial charge in [-0.25, -0.2) is 73.4 Å². The van der Waals surface area contributed by atoms with Gasteiger partial charge in [0.05, 0.1) is 28.9 Å². The fourth-order valence-electron chi connectivity index (χ4n) is 14.8. The molecule has 11 heterocycles. The molecule has 0 atom stereocenters. The number of anilines is 2. The van der Waals surface area contributed by atoms with E-state index in [1.54, 1.807) is 101 Å². The molecule has 132 heavy (non-hydrogen) atoms. The predicted molar refractivity (Wildman–Crippen MR) is 508 cm³/mol. The third-order valence-corrected chi connectivity index (χ3v) is 23.6. The van der Waals surface area contributed by atoms with Crippen LogP contribution in [0.1, 0.15) is 251 Å². The minimum Gasteiger partial charge on any atom is -0.478 e. The summed E-state index contributed by atoms with van der Waals surface area (Å²) < 4.78 is 31.9. The molecular weight excluding hydrogens is 1720 g/mol. The second-order valence-corrected chi connectivity index (χ2v) is 40.6. The summed E-state index contributed by atoms with van der Waals surface area (Å²) in [5, 5.41) is 19.0. The maximum Gasteiger partial charge on any atom is 0.412 e. The van der Waals surface area contributed by atoms with Gasteiger partial charge in [-0.15, -0.1) is 22.7 Å². The average molecular weight is 1860 g/mol. The molecule has 13 rings (SSSR count). The van der Waals surface area contributed by atoms with Crippen molar-refractivity contribution >= 4 is 88.0 Å². The lowest BCUT2D eigenvalue weighted by molar-refractivity contribution is 0.0173. The van der Waals surface area contributed by atoms with Gasteiger partial charge in [-0.05, 0) is 281 Å². The SMILES string of the molecule is CC(C)(C)OC(=O)N1CCC(Cc2ncc(C(=O)O)cn2)CC1.CC(C)(C)OC(=O)N1CCC(N)CC1.CC(C)(C)OC(=O)Nc1ccc(-c2cccs2)cc1CC(=O)c1cnc(CC2CCN(C(=O)OC(C)(C)C)CC2)nc1.CCOC(=O)c1cnc(CC2CCN(C(=O)OC(C)(C)C)CC2)nc1.Nc1ccc(-c2cccs2)cc1CC(=O)c1cnc(CC2CCNCC2)nc1. The molecule has 714 valence electrons. The van der Waals surface area contributed by atoms with Crippen LogP contribution < -0.4 is 22.1 Å². The van der Waals surface area contributed by atoms with Gasteiger partial charge in [0.1, 0.15) is 51.3 Å². The van der Waals surface area contributed by atoms with Crippen LogP contribution in [0.4, 0.5) is 35.3 Å². The van der Waals surface area contributed by atoms with E-state index in [2.05, 4.69) is 56.6 Å². The summed E-state index contributed by atoms with van der Waals surface area (Å²) in [6.07, 6.45) is 23.1. The number of rotatable bonds is 20. The molecule has 0 aliphatic carbocycles. The second-order valence-electron chi connectivity index (χ2n) is 38.7. The fourth-order valence-corrected chi connectivity index (χ4v) is 16.2. The van der Waals surface area contributed by atoms with E-state index in [1.165, 1.54) is 29.7 Å². The molecule has 8 aromatic rings. The molecule has 0 spiro atoms. The van der Waals surface area contributed by atoms with Crippen molar-refractivity contribution in [2.75, 3.05) is 83.1 Å². The first-order chi connectivity index (χ1) is 62.3. The molecule has 32 nitrogen and oxygen atoms in total. The molecule has 7 N–H and O–H groups in total. The van der Waals surface area contributed by atoms with Gasteiger partial charge < -0.3 is 69.9 Å². The van der Waals surface area contributed by atoms with E-state index >= 15 is 0 Å². The van der Waals surface area contributed by atoms with Crippen molar-refractivity contribution in [3.05, 3.63) is 178 Å². The third kappa shape index (κ3) is 36.2. The zero-order valence-corrected chi connectivity index (χ0v) is 81.1. The molecule has 5 aliphatic heterocycles. The number of hydrogen-bond donors (Lipinski definition) is 5. The highest BCUT2D eigenvalue weighted by molar-refractivity contribution is 7.13. The summed E-state index contributed by atoms with van der Waals surface area (Å²) in [5.74, 6) is 3.06. The van der Waals surface area contributed by atoms with Crippen molar-refractivity contribution < 1.29 is 76.7 Å². The maximum absolute atomic E-state index is 13.3. The van der Waals surface area contributed by atoms with E-state index < -0.39 is 46.0 Å². The third-order valence-electron chi connectivity index (χ3n) is 21.8. The van der Waals surface area contributed by atoms with E-state index in [1.807, 2.05) is 142 Å². The van der Waals surface area contributed by atoms with Gasteiger partial charge in [-0.2, -0.15) is 0 Å². The second kappa shape index (κ2) is 48.8. The van der Waals surface area contributed by atoms with E-state index in [0.717, 1.165) is 131 Å². The van der Waals surface area contributed by atoms with Crippen LogP contribution in [0.25, 0.3) is 20.9 Å². The number of hydrogen-bond acceptors (Lipinski definition) is 28. The molecular formula is C98H134N16O16S2. The zero-order chi connectivity index (χ0) is 96.1. The highest BCUT2D eigenvalue weighted by atomic mass is 32.1.